The normalized spacial score (nSPS) is 14.3. The Bertz CT molecular complexity index is 1120. The lowest BCUT2D eigenvalue weighted by Gasteiger charge is -2.16. The van der Waals surface area contributed by atoms with Gasteiger partial charge in [-0.2, -0.15) is 0 Å². The van der Waals surface area contributed by atoms with Crippen molar-refractivity contribution in [2.75, 3.05) is 12.8 Å². The third kappa shape index (κ3) is 5.38. The van der Waals surface area contributed by atoms with E-state index in [1.54, 1.807) is 17.8 Å². The van der Waals surface area contributed by atoms with Crippen molar-refractivity contribution < 1.29 is 4.79 Å². The van der Waals surface area contributed by atoms with Gasteiger partial charge in [-0.3, -0.25) is 9.59 Å². The highest BCUT2D eigenvalue weighted by atomic mass is 32.2. The third-order valence-corrected chi connectivity index (χ3v) is 6.63. The Labute approximate surface area is 191 Å². The van der Waals surface area contributed by atoms with E-state index in [9.17, 15) is 9.59 Å². The van der Waals surface area contributed by atoms with Gasteiger partial charge >= 0.3 is 0 Å². The molecule has 1 aromatic carbocycles. The molecule has 0 bridgehead atoms. The smallest absolute Gasteiger partial charge is 0.258 e. The lowest BCUT2D eigenvalue weighted by Crippen LogP contribution is -2.25. The summed E-state index contributed by atoms with van der Waals surface area (Å²) >= 11 is 1.65. The lowest BCUT2D eigenvalue weighted by molar-refractivity contribution is -0.121. The van der Waals surface area contributed by atoms with Crippen LogP contribution in [0.2, 0.25) is 0 Å². The number of nitrogens with zero attached hydrogens (tertiary/aromatic N) is 4. The van der Waals surface area contributed by atoms with E-state index in [0.29, 0.717) is 48.6 Å². The molecule has 1 amide bonds. The summed E-state index contributed by atoms with van der Waals surface area (Å²) < 4.78 is 2.32. The van der Waals surface area contributed by atoms with E-state index >= 15 is 0 Å². The number of hydrogen-bond acceptors (Lipinski definition) is 6. The van der Waals surface area contributed by atoms with E-state index in [4.69, 9.17) is 0 Å². The summed E-state index contributed by atoms with van der Waals surface area (Å²) in [6, 6.07) is 7.80. The molecule has 0 aliphatic heterocycles. The van der Waals surface area contributed by atoms with Crippen LogP contribution in [0.1, 0.15) is 62.6 Å². The van der Waals surface area contributed by atoms with Crippen molar-refractivity contribution in [3.8, 4) is 0 Å². The lowest BCUT2D eigenvalue weighted by atomic mass is 10.2. The third-order valence-electron chi connectivity index (χ3n) is 5.99. The first kappa shape index (κ1) is 22.5. The standard InChI is InChI=1S/C23H30N6O2S/c1-32-23-28-27-20(29(23)16-8-2-3-9-16)13-7-15-24-21(30)14-6-12-19-25-18-11-5-4-10-17(18)22(31)26-19/h4-5,10-11,16H,2-3,6-9,12-15H2,1H3,(H,24,30)(H,25,26,31). The molecule has 2 heterocycles. The van der Waals surface area contributed by atoms with Crippen LogP contribution < -0.4 is 10.9 Å². The maximum absolute atomic E-state index is 12.2. The number of H-pyrrole nitrogens is 1. The monoisotopic (exact) mass is 454 g/mol. The highest BCUT2D eigenvalue weighted by Crippen LogP contribution is 2.33. The van der Waals surface area contributed by atoms with Crippen LogP contribution in [0.3, 0.4) is 0 Å². The van der Waals surface area contributed by atoms with Gasteiger partial charge in [0.2, 0.25) is 5.91 Å². The van der Waals surface area contributed by atoms with Gasteiger partial charge in [0.05, 0.1) is 10.9 Å². The van der Waals surface area contributed by atoms with Gasteiger partial charge in [-0.05, 0) is 44.1 Å². The van der Waals surface area contributed by atoms with Crippen LogP contribution in [-0.4, -0.2) is 43.4 Å². The second kappa shape index (κ2) is 10.8. The molecule has 32 heavy (non-hydrogen) atoms. The number of aryl methyl sites for hydroxylation is 2. The average Bonchev–Trinajstić information content (AvgIpc) is 3.46. The van der Waals surface area contributed by atoms with Gasteiger partial charge in [-0.1, -0.05) is 36.7 Å². The molecule has 2 aromatic heterocycles. The molecule has 0 spiro atoms. The quantitative estimate of drug-likeness (QED) is 0.359. The van der Waals surface area contributed by atoms with Crippen molar-refractivity contribution in [2.45, 2.75) is 69.0 Å². The van der Waals surface area contributed by atoms with Crippen molar-refractivity contribution in [1.29, 1.82) is 0 Å². The molecule has 0 radical (unpaired) electrons. The summed E-state index contributed by atoms with van der Waals surface area (Å²) in [6.07, 6.45) is 10.3. The molecule has 0 atom stereocenters. The summed E-state index contributed by atoms with van der Waals surface area (Å²) in [4.78, 5) is 31.6. The molecule has 3 aromatic rings. The Balaban J connectivity index is 1.20. The molecule has 170 valence electrons. The van der Waals surface area contributed by atoms with Gasteiger partial charge in [0.1, 0.15) is 11.6 Å². The molecule has 0 saturated heterocycles. The highest BCUT2D eigenvalue weighted by molar-refractivity contribution is 7.98. The molecule has 1 aliphatic carbocycles. The minimum absolute atomic E-state index is 0.0233. The molecule has 1 aliphatic rings. The van der Waals surface area contributed by atoms with Gasteiger partial charge in [0, 0.05) is 31.8 Å². The van der Waals surface area contributed by atoms with Crippen molar-refractivity contribution in [1.82, 2.24) is 30.0 Å². The van der Waals surface area contributed by atoms with Crippen LogP contribution in [0.15, 0.2) is 34.2 Å². The van der Waals surface area contributed by atoms with Gasteiger partial charge in [0.15, 0.2) is 5.16 Å². The molecule has 1 saturated carbocycles. The molecular formula is C23H30N6O2S. The molecule has 0 unspecified atom stereocenters. The second-order valence-electron chi connectivity index (χ2n) is 8.25. The van der Waals surface area contributed by atoms with Gasteiger partial charge in [-0.25, -0.2) is 4.98 Å². The zero-order valence-corrected chi connectivity index (χ0v) is 19.3. The fourth-order valence-electron chi connectivity index (χ4n) is 4.38. The van der Waals surface area contributed by atoms with Crippen LogP contribution in [0.4, 0.5) is 0 Å². The minimum atomic E-state index is -0.134. The number of thioether (sulfide) groups is 1. The Morgan fingerprint density at radius 2 is 2.00 bits per heavy atom. The van der Waals surface area contributed by atoms with Crippen molar-refractivity contribution in [3.63, 3.8) is 0 Å². The Hall–Kier alpha value is -2.68. The van der Waals surface area contributed by atoms with Crippen LogP contribution in [-0.2, 0) is 17.6 Å². The molecule has 9 heteroatoms. The van der Waals surface area contributed by atoms with E-state index in [1.165, 1.54) is 25.7 Å². The fraction of sp³-hybridized carbons (Fsp3) is 0.522. The number of aromatic nitrogens is 5. The summed E-state index contributed by atoms with van der Waals surface area (Å²) in [5.41, 5.74) is 0.552. The number of nitrogens with one attached hydrogen (secondary N) is 2. The van der Waals surface area contributed by atoms with Crippen molar-refractivity contribution >= 4 is 28.6 Å². The van der Waals surface area contributed by atoms with Crippen LogP contribution in [0.5, 0.6) is 0 Å². The first-order chi connectivity index (χ1) is 15.7. The van der Waals surface area contributed by atoms with E-state index in [-0.39, 0.29) is 11.5 Å². The first-order valence-electron chi connectivity index (χ1n) is 11.4. The second-order valence-corrected chi connectivity index (χ2v) is 9.02. The van der Waals surface area contributed by atoms with Crippen LogP contribution in [0.25, 0.3) is 10.9 Å². The predicted molar refractivity (Wildman–Crippen MR) is 126 cm³/mol. The van der Waals surface area contributed by atoms with Crippen LogP contribution in [0, 0.1) is 0 Å². The number of rotatable bonds is 10. The van der Waals surface area contributed by atoms with Gasteiger partial charge in [-0.15, -0.1) is 10.2 Å². The number of carbonyl (C=O) groups is 1. The number of amides is 1. The van der Waals surface area contributed by atoms with E-state index in [0.717, 1.165) is 23.8 Å². The number of carbonyl (C=O) groups excluding carboxylic acids is 1. The number of hydrogen-bond donors (Lipinski definition) is 2. The SMILES string of the molecule is CSc1nnc(CCCNC(=O)CCCc2nc3ccccc3c(=O)[nH]2)n1C1CCCC1. The summed E-state index contributed by atoms with van der Waals surface area (Å²) in [5, 5.41) is 13.3. The minimum Gasteiger partial charge on any atom is -0.356 e. The Kier molecular flexibility index (Phi) is 7.57. The number of aromatic amines is 1. The highest BCUT2D eigenvalue weighted by Gasteiger charge is 2.23. The number of para-hydroxylation sites is 1. The van der Waals surface area contributed by atoms with E-state index in [2.05, 4.69) is 30.0 Å². The summed E-state index contributed by atoms with van der Waals surface area (Å²) in [7, 11) is 0. The number of benzene rings is 1. The Morgan fingerprint density at radius 3 is 2.81 bits per heavy atom. The molecule has 2 N–H and O–H groups in total. The van der Waals surface area contributed by atoms with E-state index < -0.39 is 0 Å². The van der Waals surface area contributed by atoms with Crippen molar-refractivity contribution in [3.05, 3.63) is 46.3 Å². The maximum atomic E-state index is 12.2. The molecule has 4 rings (SSSR count). The topological polar surface area (TPSA) is 106 Å². The largest absolute Gasteiger partial charge is 0.356 e. The zero-order chi connectivity index (χ0) is 22.3. The predicted octanol–water partition coefficient (Wildman–Crippen LogP) is 3.42. The zero-order valence-electron chi connectivity index (χ0n) is 18.5. The van der Waals surface area contributed by atoms with Gasteiger partial charge in [0.25, 0.3) is 5.56 Å². The van der Waals surface area contributed by atoms with E-state index in [1.807, 2.05) is 24.5 Å². The summed E-state index contributed by atoms with van der Waals surface area (Å²) in [6.45, 7) is 0.621. The van der Waals surface area contributed by atoms with Crippen molar-refractivity contribution in [2.24, 2.45) is 0 Å². The number of fused-ring (bicyclic) bond motifs is 1. The average molecular weight is 455 g/mol. The van der Waals surface area contributed by atoms with Crippen LogP contribution >= 0.6 is 11.8 Å². The first-order valence-corrected chi connectivity index (χ1v) is 12.6. The fourth-order valence-corrected chi connectivity index (χ4v) is 4.95. The molecule has 1 fully saturated rings. The Morgan fingerprint density at radius 1 is 1.19 bits per heavy atom. The molecule has 8 nitrogen and oxygen atoms in total. The van der Waals surface area contributed by atoms with Gasteiger partial charge < -0.3 is 14.9 Å². The summed E-state index contributed by atoms with van der Waals surface area (Å²) in [5.74, 6) is 1.68. The molecular weight excluding hydrogens is 424 g/mol. The maximum Gasteiger partial charge on any atom is 0.258 e.